The average molecular weight is 194 g/mol. The van der Waals surface area contributed by atoms with Crippen LogP contribution in [0.3, 0.4) is 0 Å². The summed E-state index contributed by atoms with van der Waals surface area (Å²) in [4.78, 5) is 5.03. The molecule has 12 heavy (non-hydrogen) atoms. The lowest BCUT2D eigenvalue weighted by molar-refractivity contribution is 0.615. The molecule has 5 N–H and O–H groups in total. The van der Waals surface area contributed by atoms with Crippen molar-refractivity contribution in [1.29, 1.82) is 5.41 Å². The summed E-state index contributed by atoms with van der Waals surface area (Å²) in [5.74, 6) is -0.0382. The second kappa shape index (κ2) is 9.77. The number of hydrogen-bond donors (Lipinski definition) is 3. The van der Waals surface area contributed by atoms with Crippen molar-refractivity contribution in [3.8, 4) is 0 Å². The van der Waals surface area contributed by atoms with Gasteiger partial charge in [-0.15, -0.1) is 25.6 Å². The molecule has 6 heteroatoms. The molecule has 0 aromatic heterocycles. The van der Waals surface area contributed by atoms with Crippen molar-refractivity contribution in [2.45, 2.75) is 0 Å². The fourth-order valence-electron chi connectivity index (χ4n) is 0.223. The van der Waals surface area contributed by atoms with Crippen molar-refractivity contribution in [2.24, 2.45) is 16.5 Å². The van der Waals surface area contributed by atoms with Crippen LogP contribution in [0.1, 0.15) is 0 Å². The Labute approximate surface area is 79.1 Å². The van der Waals surface area contributed by atoms with Crippen LogP contribution >= 0.6 is 12.4 Å². The van der Waals surface area contributed by atoms with E-state index in [9.17, 15) is 0 Å². The number of halogens is 1. The highest BCUT2D eigenvalue weighted by Crippen LogP contribution is 1.73. The SMILES string of the molecule is C=C.CN(C)C(N)=NC(=N)N.Cl. The molecule has 0 radical (unpaired) electrons. The zero-order valence-electron chi connectivity index (χ0n) is 7.37. The van der Waals surface area contributed by atoms with Crippen molar-refractivity contribution in [3.05, 3.63) is 13.2 Å². The fraction of sp³-hybridized carbons (Fsp3) is 0.333. The van der Waals surface area contributed by atoms with E-state index in [0.29, 0.717) is 0 Å². The highest BCUT2D eigenvalue weighted by molar-refractivity contribution is 5.91. The minimum atomic E-state index is -0.277. The maximum atomic E-state index is 6.70. The maximum Gasteiger partial charge on any atom is 0.215 e. The predicted octanol–water partition coefficient (Wildman–Crippen LogP) is -0.0198. The first kappa shape index (κ1) is 17.0. The molecule has 72 valence electrons. The van der Waals surface area contributed by atoms with Gasteiger partial charge < -0.3 is 16.4 Å². The molecule has 0 bridgehead atoms. The molecule has 0 aromatic rings. The van der Waals surface area contributed by atoms with Crippen molar-refractivity contribution in [3.63, 3.8) is 0 Å². The second-order valence-electron chi connectivity index (χ2n) is 1.75. The molecule has 0 heterocycles. The number of rotatable bonds is 0. The predicted molar refractivity (Wildman–Crippen MR) is 55.7 cm³/mol. The van der Waals surface area contributed by atoms with E-state index >= 15 is 0 Å². The van der Waals surface area contributed by atoms with Crippen LogP contribution in [-0.2, 0) is 0 Å². The number of hydrogen-bond acceptors (Lipinski definition) is 1. The van der Waals surface area contributed by atoms with E-state index in [-0.39, 0.29) is 24.3 Å². The van der Waals surface area contributed by atoms with Crippen LogP contribution in [0.25, 0.3) is 0 Å². The Kier molecular flexibility index (Phi) is 13.9. The van der Waals surface area contributed by atoms with Gasteiger partial charge in [0.15, 0.2) is 5.96 Å². The van der Waals surface area contributed by atoms with Crippen LogP contribution in [0.4, 0.5) is 0 Å². The van der Waals surface area contributed by atoms with Gasteiger partial charge in [0, 0.05) is 14.1 Å². The number of nitrogens with one attached hydrogen (secondary N) is 1. The van der Waals surface area contributed by atoms with Gasteiger partial charge in [0.2, 0.25) is 5.96 Å². The highest BCUT2D eigenvalue weighted by atomic mass is 35.5. The lowest BCUT2D eigenvalue weighted by atomic mass is 10.8. The molecule has 0 amide bonds. The smallest absolute Gasteiger partial charge is 0.215 e. The van der Waals surface area contributed by atoms with Crippen LogP contribution < -0.4 is 11.5 Å². The van der Waals surface area contributed by atoms with Crippen molar-refractivity contribution in [2.75, 3.05) is 14.1 Å². The molecule has 0 saturated carbocycles. The van der Waals surface area contributed by atoms with Crippen LogP contribution in [0.2, 0.25) is 0 Å². The number of nitrogens with zero attached hydrogens (tertiary/aromatic N) is 2. The Bertz CT molecular complexity index is 154. The summed E-state index contributed by atoms with van der Waals surface area (Å²) in [6.07, 6.45) is 0. The Morgan fingerprint density at radius 2 is 1.67 bits per heavy atom. The van der Waals surface area contributed by atoms with Crippen LogP contribution in [-0.4, -0.2) is 30.9 Å². The van der Waals surface area contributed by atoms with Gasteiger partial charge in [-0.3, -0.25) is 5.41 Å². The van der Waals surface area contributed by atoms with Crippen LogP contribution in [0.15, 0.2) is 18.2 Å². The zero-order valence-corrected chi connectivity index (χ0v) is 8.19. The van der Waals surface area contributed by atoms with E-state index in [4.69, 9.17) is 16.9 Å². The minimum Gasteiger partial charge on any atom is -0.369 e. The molecule has 0 aliphatic carbocycles. The molecule has 0 aliphatic rings. The summed E-state index contributed by atoms with van der Waals surface area (Å²) >= 11 is 0. The highest BCUT2D eigenvalue weighted by Gasteiger charge is 1.92. The Morgan fingerprint density at radius 3 is 1.75 bits per heavy atom. The topological polar surface area (TPSA) is 91.5 Å². The molecular formula is C6H16ClN5. The first-order chi connectivity index (χ1) is 5.04. The number of nitrogens with two attached hydrogens (primary N) is 2. The third-order valence-electron chi connectivity index (χ3n) is 0.693. The van der Waals surface area contributed by atoms with Crippen molar-refractivity contribution in [1.82, 2.24) is 4.90 Å². The van der Waals surface area contributed by atoms with E-state index in [1.165, 1.54) is 0 Å². The fourth-order valence-corrected chi connectivity index (χ4v) is 0.223. The molecular weight excluding hydrogens is 178 g/mol. The summed E-state index contributed by atoms with van der Waals surface area (Å²) in [7, 11) is 3.45. The Balaban J connectivity index is -0.000000249. The zero-order chi connectivity index (χ0) is 9.44. The van der Waals surface area contributed by atoms with Crippen molar-refractivity contribution < 1.29 is 0 Å². The van der Waals surface area contributed by atoms with E-state index in [2.05, 4.69) is 18.2 Å². The third kappa shape index (κ3) is 11.6. The molecule has 0 saturated heterocycles. The van der Waals surface area contributed by atoms with E-state index in [1.54, 1.807) is 19.0 Å². The summed E-state index contributed by atoms with van der Waals surface area (Å²) in [5.41, 5.74) is 10.2. The lowest BCUT2D eigenvalue weighted by Crippen LogP contribution is -2.32. The normalized spacial score (nSPS) is 8.67. The summed E-state index contributed by atoms with van der Waals surface area (Å²) in [5, 5.41) is 6.70. The Hall–Kier alpha value is -1.23. The molecule has 0 atom stereocenters. The minimum absolute atomic E-state index is 0. The van der Waals surface area contributed by atoms with Gasteiger partial charge in [-0.2, -0.15) is 4.99 Å². The van der Waals surface area contributed by atoms with E-state index < -0.39 is 0 Å². The molecule has 0 spiro atoms. The summed E-state index contributed by atoms with van der Waals surface area (Å²) in [6, 6.07) is 0. The molecule has 0 aromatic carbocycles. The van der Waals surface area contributed by atoms with Gasteiger partial charge in [0.25, 0.3) is 0 Å². The largest absolute Gasteiger partial charge is 0.369 e. The van der Waals surface area contributed by atoms with Gasteiger partial charge in [-0.1, -0.05) is 0 Å². The van der Waals surface area contributed by atoms with E-state index in [1.807, 2.05) is 0 Å². The third-order valence-corrected chi connectivity index (χ3v) is 0.693. The quantitative estimate of drug-likeness (QED) is 0.287. The lowest BCUT2D eigenvalue weighted by Gasteiger charge is -2.08. The maximum absolute atomic E-state index is 6.70. The average Bonchev–Trinajstić information content (AvgIpc) is 1.90. The summed E-state index contributed by atoms with van der Waals surface area (Å²) in [6.45, 7) is 6.00. The van der Waals surface area contributed by atoms with Gasteiger partial charge in [0.1, 0.15) is 0 Å². The molecule has 0 rings (SSSR count). The second-order valence-corrected chi connectivity index (χ2v) is 1.75. The van der Waals surface area contributed by atoms with Gasteiger partial charge in [0.05, 0.1) is 0 Å². The molecule has 0 unspecified atom stereocenters. The molecule has 5 nitrogen and oxygen atoms in total. The summed E-state index contributed by atoms with van der Waals surface area (Å²) < 4.78 is 0. The number of guanidine groups is 2. The van der Waals surface area contributed by atoms with Gasteiger partial charge >= 0.3 is 0 Å². The first-order valence-corrected chi connectivity index (χ1v) is 2.89. The number of aliphatic imine (C=N–C) groups is 1. The van der Waals surface area contributed by atoms with Crippen molar-refractivity contribution >= 4 is 24.3 Å². The molecule has 0 fully saturated rings. The van der Waals surface area contributed by atoms with Crippen LogP contribution in [0, 0.1) is 5.41 Å². The monoisotopic (exact) mass is 193 g/mol. The first-order valence-electron chi connectivity index (χ1n) is 2.89. The molecule has 0 aliphatic heterocycles. The standard InChI is InChI=1S/C4H11N5.C2H4.ClH/c1-9(2)4(7)8-3(5)6;1-2;/h1-2H3,(H5,5,6,7,8);1-2H2;1H. The van der Waals surface area contributed by atoms with Crippen LogP contribution in [0.5, 0.6) is 0 Å². The van der Waals surface area contributed by atoms with E-state index in [0.717, 1.165) is 0 Å². The van der Waals surface area contributed by atoms with Gasteiger partial charge in [-0.25, -0.2) is 0 Å². The van der Waals surface area contributed by atoms with Gasteiger partial charge in [-0.05, 0) is 0 Å². The Morgan fingerprint density at radius 1 is 1.33 bits per heavy atom.